The van der Waals surface area contributed by atoms with Crippen LogP contribution in [0.25, 0.3) is 0 Å². The van der Waals surface area contributed by atoms with Gasteiger partial charge in [-0.05, 0) is 31.7 Å². The molecule has 0 unspecified atom stereocenters. The molecule has 1 aromatic carbocycles. The lowest BCUT2D eigenvalue weighted by Gasteiger charge is -2.27. The van der Waals surface area contributed by atoms with Crippen LogP contribution in [0, 0.1) is 0 Å². The fraction of sp³-hybridized carbons (Fsp3) is 0.444. The minimum atomic E-state index is 0.00469. The summed E-state index contributed by atoms with van der Waals surface area (Å²) in [6.07, 6.45) is 3.81. The van der Waals surface area contributed by atoms with Crippen LogP contribution in [0.5, 0.6) is 11.5 Å². The number of nitrogens with one attached hydrogen (secondary N) is 1. The van der Waals surface area contributed by atoms with Crippen molar-refractivity contribution in [2.75, 3.05) is 20.3 Å². The third-order valence-corrected chi connectivity index (χ3v) is 4.76. The minimum absolute atomic E-state index is 0.00469. The number of amides is 1. The molecule has 0 bridgehead atoms. The lowest BCUT2D eigenvalue weighted by molar-refractivity contribution is 0.0714. The summed E-state index contributed by atoms with van der Waals surface area (Å²) in [6, 6.07) is 5.79. The van der Waals surface area contributed by atoms with Crippen LogP contribution in [-0.4, -0.2) is 41.3 Å². The molecule has 1 aliphatic carbocycles. The number of aryl methyl sites for hydroxylation is 1. The van der Waals surface area contributed by atoms with E-state index in [-0.39, 0.29) is 5.91 Å². The number of para-hydroxylation sites is 1. The number of ether oxygens (including phenoxy) is 2. The molecular weight excluding hydrogens is 306 g/mol. The molecule has 1 aromatic heterocycles. The number of hydrogen-bond acceptors (Lipinski definition) is 4. The van der Waals surface area contributed by atoms with Crippen molar-refractivity contribution < 1.29 is 14.3 Å². The average Bonchev–Trinajstić information content (AvgIpc) is 3.17. The van der Waals surface area contributed by atoms with E-state index in [0.717, 1.165) is 48.3 Å². The number of methoxy groups -OCH3 is 1. The fourth-order valence-electron chi connectivity index (χ4n) is 3.54. The zero-order chi connectivity index (χ0) is 16.5. The highest BCUT2D eigenvalue weighted by molar-refractivity contribution is 5.94. The smallest absolute Gasteiger partial charge is 0.274 e. The average molecular weight is 327 g/mol. The molecule has 0 fully saturated rings. The lowest BCUT2D eigenvalue weighted by atomic mass is 10.1. The Morgan fingerprint density at radius 1 is 1.33 bits per heavy atom. The SMILES string of the molecule is COc1cccc2c1OCCCN(C(=O)c1n[nH]c3c1CCC3)C2. The predicted octanol–water partition coefficient (Wildman–Crippen LogP) is 2.33. The van der Waals surface area contributed by atoms with Crippen molar-refractivity contribution in [3.8, 4) is 11.5 Å². The highest BCUT2D eigenvalue weighted by Gasteiger charge is 2.28. The highest BCUT2D eigenvalue weighted by atomic mass is 16.5. The van der Waals surface area contributed by atoms with Gasteiger partial charge in [0.1, 0.15) is 0 Å². The Bertz CT molecular complexity index is 769. The number of carbonyl (C=O) groups excluding carboxylic acids is 1. The van der Waals surface area contributed by atoms with Gasteiger partial charge in [-0.25, -0.2) is 0 Å². The largest absolute Gasteiger partial charge is 0.493 e. The second-order valence-electron chi connectivity index (χ2n) is 6.26. The van der Waals surface area contributed by atoms with Crippen LogP contribution in [0.15, 0.2) is 18.2 Å². The Morgan fingerprint density at radius 3 is 3.12 bits per heavy atom. The Balaban J connectivity index is 1.64. The summed E-state index contributed by atoms with van der Waals surface area (Å²) in [5, 5.41) is 7.31. The van der Waals surface area contributed by atoms with E-state index in [1.54, 1.807) is 7.11 Å². The van der Waals surface area contributed by atoms with E-state index in [2.05, 4.69) is 10.2 Å². The van der Waals surface area contributed by atoms with Gasteiger partial charge in [-0.3, -0.25) is 9.89 Å². The van der Waals surface area contributed by atoms with Gasteiger partial charge in [0.15, 0.2) is 17.2 Å². The Labute approximate surface area is 140 Å². The van der Waals surface area contributed by atoms with E-state index in [9.17, 15) is 4.79 Å². The Hall–Kier alpha value is -2.50. The molecule has 2 heterocycles. The van der Waals surface area contributed by atoms with E-state index in [0.29, 0.717) is 31.1 Å². The quantitative estimate of drug-likeness (QED) is 0.919. The molecular formula is C18H21N3O3. The Kier molecular flexibility index (Phi) is 3.88. The third-order valence-electron chi connectivity index (χ3n) is 4.76. The highest BCUT2D eigenvalue weighted by Crippen LogP contribution is 2.33. The zero-order valence-electron chi connectivity index (χ0n) is 13.8. The maximum absolute atomic E-state index is 13.0. The molecule has 0 saturated carbocycles. The monoisotopic (exact) mass is 327 g/mol. The van der Waals surface area contributed by atoms with Crippen molar-refractivity contribution in [1.82, 2.24) is 15.1 Å². The first-order valence-corrected chi connectivity index (χ1v) is 8.42. The topological polar surface area (TPSA) is 67.5 Å². The van der Waals surface area contributed by atoms with Crippen molar-refractivity contribution in [2.24, 2.45) is 0 Å². The molecule has 1 aliphatic heterocycles. The van der Waals surface area contributed by atoms with E-state index >= 15 is 0 Å². The van der Waals surface area contributed by atoms with Crippen LogP contribution >= 0.6 is 0 Å². The number of aromatic nitrogens is 2. The van der Waals surface area contributed by atoms with Crippen LogP contribution < -0.4 is 9.47 Å². The van der Waals surface area contributed by atoms with Crippen molar-refractivity contribution in [1.29, 1.82) is 0 Å². The molecule has 24 heavy (non-hydrogen) atoms. The van der Waals surface area contributed by atoms with Crippen LogP contribution in [0.1, 0.15) is 40.2 Å². The van der Waals surface area contributed by atoms with Gasteiger partial charge in [-0.1, -0.05) is 12.1 Å². The number of H-pyrrole nitrogens is 1. The van der Waals surface area contributed by atoms with Crippen LogP contribution in [0.4, 0.5) is 0 Å². The lowest BCUT2D eigenvalue weighted by Crippen LogP contribution is -2.34. The fourth-order valence-corrected chi connectivity index (χ4v) is 3.54. The summed E-state index contributed by atoms with van der Waals surface area (Å²) in [5.41, 5.74) is 3.78. The molecule has 4 rings (SSSR count). The van der Waals surface area contributed by atoms with Gasteiger partial charge in [0.05, 0.1) is 13.7 Å². The van der Waals surface area contributed by atoms with Crippen molar-refractivity contribution in [2.45, 2.75) is 32.2 Å². The molecule has 0 spiro atoms. The van der Waals surface area contributed by atoms with Crippen molar-refractivity contribution >= 4 is 5.91 Å². The summed E-state index contributed by atoms with van der Waals surface area (Å²) < 4.78 is 11.3. The minimum Gasteiger partial charge on any atom is -0.493 e. The molecule has 2 aliphatic rings. The van der Waals surface area contributed by atoms with Gasteiger partial charge in [-0.15, -0.1) is 0 Å². The van der Waals surface area contributed by atoms with Gasteiger partial charge in [0, 0.05) is 29.9 Å². The van der Waals surface area contributed by atoms with E-state index in [4.69, 9.17) is 9.47 Å². The standard InChI is InChI=1S/C18H21N3O3/c1-23-15-8-2-5-12-11-21(9-4-10-24-17(12)15)18(22)16-13-6-3-7-14(13)19-20-16/h2,5,8H,3-4,6-7,9-11H2,1H3,(H,19,20). The molecule has 2 aromatic rings. The van der Waals surface area contributed by atoms with Gasteiger partial charge in [-0.2, -0.15) is 5.10 Å². The maximum Gasteiger partial charge on any atom is 0.274 e. The van der Waals surface area contributed by atoms with Crippen LogP contribution in [0.2, 0.25) is 0 Å². The summed E-state index contributed by atoms with van der Waals surface area (Å²) in [5.74, 6) is 1.46. The maximum atomic E-state index is 13.0. The van der Waals surface area contributed by atoms with Crippen LogP contribution in [-0.2, 0) is 19.4 Å². The molecule has 0 radical (unpaired) electrons. The number of fused-ring (bicyclic) bond motifs is 2. The van der Waals surface area contributed by atoms with Gasteiger partial charge in [0.25, 0.3) is 5.91 Å². The zero-order valence-corrected chi connectivity index (χ0v) is 13.8. The van der Waals surface area contributed by atoms with E-state index in [1.807, 2.05) is 23.1 Å². The van der Waals surface area contributed by atoms with E-state index in [1.165, 1.54) is 0 Å². The number of hydrogen-bond donors (Lipinski definition) is 1. The van der Waals surface area contributed by atoms with E-state index < -0.39 is 0 Å². The first-order chi connectivity index (χ1) is 11.8. The molecule has 0 atom stereocenters. The van der Waals surface area contributed by atoms with Crippen molar-refractivity contribution in [3.63, 3.8) is 0 Å². The van der Waals surface area contributed by atoms with Gasteiger partial charge >= 0.3 is 0 Å². The number of rotatable bonds is 2. The van der Waals surface area contributed by atoms with Gasteiger partial charge in [0.2, 0.25) is 0 Å². The second-order valence-corrected chi connectivity index (χ2v) is 6.26. The number of benzene rings is 1. The number of nitrogens with zero attached hydrogens (tertiary/aromatic N) is 2. The van der Waals surface area contributed by atoms with Crippen molar-refractivity contribution in [3.05, 3.63) is 40.7 Å². The van der Waals surface area contributed by atoms with Crippen LogP contribution in [0.3, 0.4) is 0 Å². The van der Waals surface area contributed by atoms with Gasteiger partial charge < -0.3 is 14.4 Å². The first-order valence-electron chi connectivity index (χ1n) is 8.42. The molecule has 6 heteroatoms. The summed E-state index contributed by atoms with van der Waals surface area (Å²) in [4.78, 5) is 14.9. The molecule has 126 valence electrons. The number of aromatic amines is 1. The third kappa shape index (κ3) is 2.52. The Morgan fingerprint density at radius 2 is 2.25 bits per heavy atom. The second kappa shape index (κ2) is 6.19. The summed E-state index contributed by atoms with van der Waals surface area (Å²) in [7, 11) is 1.63. The predicted molar refractivity (Wildman–Crippen MR) is 88.5 cm³/mol. The first kappa shape index (κ1) is 15.1. The molecule has 6 nitrogen and oxygen atoms in total. The molecule has 1 N–H and O–H groups in total. The molecule has 0 saturated heterocycles. The summed E-state index contributed by atoms with van der Waals surface area (Å²) in [6.45, 7) is 1.74. The molecule has 1 amide bonds. The number of carbonyl (C=O) groups is 1. The normalized spacial score (nSPS) is 16.6. The summed E-state index contributed by atoms with van der Waals surface area (Å²) >= 11 is 0.